The Balaban J connectivity index is 1.15. The van der Waals surface area contributed by atoms with Gasteiger partial charge in [-0.05, 0) is 52.6 Å². The molecular weight excluding hydrogens is 707 g/mol. The Bertz CT molecular complexity index is 3160. The summed E-state index contributed by atoms with van der Waals surface area (Å²) in [5.74, 6) is 1.94. The van der Waals surface area contributed by atoms with Gasteiger partial charge in [-0.1, -0.05) is 170 Å². The first-order valence-electron chi connectivity index (χ1n) is 19.7. The van der Waals surface area contributed by atoms with Crippen LogP contribution in [0.5, 0.6) is 0 Å². The minimum absolute atomic E-state index is 0.108. The van der Waals surface area contributed by atoms with Crippen LogP contribution in [0.3, 0.4) is 0 Å². The lowest BCUT2D eigenvalue weighted by Crippen LogP contribution is -2.41. The largest absolute Gasteiger partial charge is 0.310 e. The fourth-order valence-corrected chi connectivity index (χ4v) is 9.59. The van der Waals surface area contributed by atoms with Crippen molar-refractivity contribution >= 4 is 23.1 Å². The van der Waals surface area contributed by atoms with E-state index in [0.717, 1.165) is 27.9 Å². The summed E-state index contributed by atoms with van der Waals surface area (Å²) in [6.07, 6.45) is 5.10. The number of hydrogen-bond acceptors (Lipinski definition) is 4. The number of para-hydroxylation sites is 1. The van der Waals surface area contributed by atoms with Crippen molar-refractivity contribution in [2.75, 3.05) is 0 Å². The van der Waals surface area contributed by atoms with Gasteiger partial charge >= 0.3 is 0 Å². The lowest BCUT2D eigenvalue weighted by Gasteiger charge is -2.38. The Morgan fingerprint density at radius 3 is 1.79 bits per heavy atom. The number of fused-ring (bicyclic) bond motifs is 6. The van der Waals surface area contributed by atoms with Crippen LogP contribution in [0.1, 0.15) is 33.7 Å². The average molecular weight is 742 g/mol. The third-order valence-corrected chi connectivity index (χ3v) is 12.0. The zero-order chi connectivity index (χ0) is 38.6. The molecule has 0 bridgehead atoms. The van der Waals surface area contributed by atoms with E-state index in [9.17, 15) is 5.26 Å². The van der Waals surface area contributed by atoms with Gasteiger partial charge in [-0.2, -0.15) is 5.26 Å². The van der Waals surface area contributed by atoms with Crippen molar-refractivity contribution in [3.8, 4) is 45.9 Å². The maximum Gasteiger partial charge on any atom is 0.164 e. The van der Waals surface area contributed by atoms with E-state index in [-0.39, 0.29) is 11.8 Å². The molecule has 2 aliphatic carbocycles. The molecule has 0 amide bonds. The minimum Gasteiger partial charge on any atom is -0.310 e. The molecule has 0 spiro atoms. The number of nitriles is 1. The normalized spacial score (nSPS) is 16.0. The highest BCUT2D eigenvalue weighted by Gasteiger charge is 2.53. The highest BCUT2D eigenvalue weighted by atomic mass is 15.0. The van der Waals surface area contributed by atoms with E-state index >= 15 is 0 Å². The Labute approximate surface area is 336 Å². The molecule has 58 heavy (non-hydrogen) atoms. The molecule has 7 aromatic carbocycles. The number of benzene rings is 7. The Morgan fingerprint density at radius 2 is 1.09 bits per heavy atom. The number of hydrogen-bond donors (Lipinski definition) is 0. The summed E-state index contributed by atoms with van der Waals surface area (Å²) in [4.78, 5) is 15.0. The number of aromatic nitrogens is 4. The summed E-state index contributed by atoms with van der Waals surface area (Å²) in [6, 6.07) is 68.1. The molecule has 2 aromatic heterocycles. The fourth-order valence-electron chi connectivity index (χ4n) is 9.59. The predicted octanol–water partition coefficient (Wildman–Crippen LogP) is 10.0. The Hall–Kier alpha value is -7.68. The van der Waals surface area contributed by atoms with Crippen molar-refractivity contribution in [1.82, 2.24) is 19.5 Å². The Kier molecular flexibility index (Phi) is 7.84. The molecule has 0 saturated heterocycles. The average Bonchev–Trinajstić information content (AvgIpc) is 3.79. The first-order chi connectivity index (χ1) is 28.7. The van der Waals surface area contributed by atoms with E-state index in [2.05, 4.69) is 156 Å². The monoisotopic (exact) mass is 741 g/mol. The second-order valence-electron chi connectivity index (χ2n) is 15.1. The van der Waals surface area contributed by atoms with Crippen molar-refractivity contribution in [3.05, 3.63) is 226 Å². The first kappa shape index (κ1) is 33.6. The van der Waals surface area contributed by atoms with Gasteiger partial charge in [0.2, 0.25) is 0 Å². The van der Waals surface area contributed by atoms with Crippen LogP contribution in [-0.2, 0) is 5.41 Å². The van der Waals surface area contributed by atoms with Crippen LogP contribution in [0.25, 0.3) is 62.9 Å². The third-order valence-electron chi connectivity index (χ3n) is 12.0. The van der Waals surface area contributed by atoms with Crippen LogP contribution >= 0.6 is 0 Å². The van der Waals surface area contributed by atoms with Crippen LogP contribution in [0, 0.1) is 17.2 Å². The van der Waals surface area contributed by atoms with E-state index in [1.807, 2.05) is 48.5 Å². The molecule has 9 aromatic rings. The summed E-state index contributed by atoms with van der Waals surface area (Å²) < 4.78 is 2.42. The zero-order valence-electron chi connectivity index (χ0n) is 31.4. The summed E-state index contributed by atoms with van der Waals surface area (Å²) in [7, 11) is 0. The van der Waals surface area contributed by atoms with Gasteiger partial charge in [0.05, 0.1) is 27.9 Å². The lowest BCUT2D eigenvalue weighted by atomic mass is 9.63. The highest BCUT2D eigenvalue weighted by Crippen LogP contribution is 2.59. The molecule has 272 valence electrons. The zero-order valence-corrected chi connectivity index (χ0v) is 31.4. The van der Waals surface area contributed by atoms with Crippen LogP contribution in [0.4, 0.5) is 0 Å². The van der Waals surface area contributed by atoms with Gasteiger partial charge in [0.1, 0.15) is 0 Å². The SMILES string of the molecule is N#Cc1cccc(-c2nc(-c3ccccc3)nc(-c3cccc(-n4c5c(c6ccccc64)=CC4c6ccccc6C(c6ccccc6)(c6ccccc6)C4C=5)c3)n2)c1. The molecule has 11 rings (SSSR count). The van der Waals surface area contributed by atoms with E-state index in [1.54, 1.807) is 6.07 Å². The molecule has 2 atom stereocenters. The minimum atomic E-state index is -0.404. The predicted molar refractivity (Wildman–Crippen MR) is 231 cm³/mol. The van der Waals surface area contributed by atoms with Crippen LogP contribution in [0.2, 0.25) is 0 Å². The van der Waals surface area contributed by atoms with Crippen molar-refractivity contribution in [3.63, 3.8) is 0 Å². The van der Waals surface area contributed by atoms with Crippen LogP contribution in [-0.4, -0.2) is 19.5 Å². The summed E-state index contributed by atoms with van der Waals surface area (Å²) in [5.41, 5.74) is 10.2. The van der Waals surface area contributed by atoms with Crippen LogP contribution in [0.15, 0.2) is 188 Å². The second kappa shape index (κ2) is 13.5. The summed E-state index contributed by atoms with van der Waals surface area (Å²) in [6.45, 7) is 0. The molecule has 0 radical (unpaired) electrons. The Morgan fingerprint density at radius 1 is 0.517 bits per heavy atom. The maximum absolute atomic E-state index is 9.68. The van der Waals surface area contributed by atoms with Gasteiger partial charge < -0.3 is 4.57 Å². The van der Waals surface area contributed by atoms with Crippen molar-refractivity contribution in [1.29, 1.82) is 5.26 Å². The van der Waals surface area contributed by atoms with Crippen LogP contribution < -0.4 is 10.6 Å². The second-order valence-corrected chi connectivity index (χ2v) is 15.1. The third kappa shape index (κ3) is 5.19. The van der Waals surface area contributed by atoms with E-state index in [0.29, 0.717) is 23.0 Å². The molecule has 2 aliphatic rings. The number of nitrogens with zero attached hydrogens (tertiary/aromatic N) is 5. The van der Waals surface area contributed by atoms with Gasteiger partial charge in [-0.3, -0.25) is 0 Å². The summed E-state index contributed by atoms with van der Waals surface area (Å²) >= 11 is 0. The molecule has 0 fully saturated rings. The van der Waals surface area contributed by atoms with Gasteiger partial charge in [-0.25, -0.2) is 15.0 Å². The van der Waals surface area contributed by atoms with Crippen molar-refractivity contribution in [2.45, 2.75) is 11.3 Å². The molecular formula is C53H35N5. The summed E-state index contributed by atoms with van der Waals surface area (Å²) in [5, 5.41) is 13.3. The number of rotatable bonds is 6. The van der Waals surface area contributed by atoms with Crippen molar-refractivity contribution < 1.29 is 0 Å². The first-order valence-corrected chi connectivity index (χ1v) is 19.7. The topological polar surface area (TPSA) is 67.4 Å². The highest BCUT2D eigenvalue weighted by molar-refractivity contribution is 5.86. The van der Waals surface area contributed by atoms with Crippen molar-refractivity contribution in [2.24, 2.45) is 5.92 Å². The lowest BCUT2D eigenvalue weighted by molar-refractivity contribution is 0.488. The van der Waals surface area contributed by atoms with E-state index in [1.165, 1.54) is 38.2 Å². The molecule has 0 saturated carbocycles. The maximum atomic E-state index is 9.68. The van der Waals surface area contributed by atoms with Gasteiger partial charge in [-0.15, -0.1) is 0 Å². The fraction of sp³-hybridized carbons (Fsp3) is 0.0566. The van der Waals surface area contributed by atoms with Gasteiger partial charge in [0.25, 0.3) is 0 Å². The molecule has 2 heterocycles. The molecule has 2 unspecified atom stereocenters. The smallest absolute Gasteiger partial charge is 0.164 e. The van der Waals surface area contributed by atoms with Gasteiger partial charge in [0.15, 0.2) is 17.5 Å². The van der Waals surface area contributed by atoms with E-state index in [4.69, 9.17) is 15.0 Å². The molecule has 5 heteroatoms. The standard InChI is InChI=1S/C53H35N5/c54-34-35-16-14-19-37(30-35)51-55-50(36-17-4-1-5-18-36)56-52(57-51)38-20-15-25-41(31-38)58-48-29-13-11-27-43(48)45-32-44-42-26-10-12-28-46(42)53(47(44)33-49(45)58,39-21-6-2-7-22-39)40-23-8-3-9-24-40/h1-33,44,47H. The van der Waals surface area contributed by atoms with E-state index < -0.39 is 5.41 Å². The quantitative estimate of drug-likeness (QED) is 0.170. The van der Waals surface area contributed by atoms with Gasteiger partial charge in [0, 0.05) is 44.8 Å². The molecule has 0 N–H and O–H groups in total. The molecule has 0 aliphatic heterocycles. The molecule has 5 nitrogen and oxygen atoms in total.